The number of alkyl halides is 2. The Morgan fingerprint density at radius 1 is 0.933 bits per heavy atom. The number of phenols is 1. The van der Waals surface area contributed by atoms with E-state index in [1.807, 2.05) is 14.7 Å². The molecule has 1 aliphatic carbocycles. The van der Waals surface area contributed by atoms with Gasteiger partial charge in [0.2, 0.25) is 17.7 Å². The molecule has 0 bridgehead atoms. The van der Waals surface area contributed by atoms with Gasteiger partial charge in [0.25, 0.3) is 18.2 Å². The number of aromatic hydroxyl groups is 1. The second-order valence-electron chi connectivity index (χ2n) is 17.6. The van der Waals surface area contributed by atoms with Gasteiger partial charge in [0.15, 0.2) is 0 Å². The molecule has 5 aliphatic heterocycles. The zero-order valence-electron chi connectivity index (χ0n) is 33.4. The molecule has 0 radical (unpaired) electrons. The molecule has 1 spiro atoms. The van der Waals surface area contributed by atoms with Crippen molar-refractivity contribution in [2.24, 2.45) is 5.41 Å². The Bertz CT molecular complexity index is 2260. The van der Waals surface area contributed by atoms with Crippen molar-refractivity contribution in [1.29, 1.82) is 0 Å². The molecule has 5 heterocycles. The van der Waals surface area contributed by atoms with E-state index in [0.717, 1.165) is 41.7 Å². The van der Waals surface area contributed by atoms with Crippen LogP contribution < -0.4 is 10.2 Å². The van der Waals surface area contributed by atoms with Gasteiger partial charge in [0, 0.05) is 63.0 Å². The highest BCUT2D eigenvalue weighted by atomic mass is 19.3. The first-order valence-electron chi connectivity index (χ1n) is 20.5. The van der Waals surface area contributed by atoms with Gasteiger partial charge in [-0.3, -0.25) is 44.0 Å². The molecule has 3 fully saturated rings. The van der Waals surface area contributed by atoms with Gasteiger partial charge in [-0.2, -0.15) is 0 Å². The summed E-state index contributed by atoms with van der Waals surface area (Å²) >= 11 is 0. The first kappa shape index (κ1) is 40.1. The van der Waals surface area contributed by atoms with E-state index in [1.54, 1.807) is 32.2 Å². The van der Waals surface area contributed by atoms with Gasteiger partial charge in [0.05, 0.1) is 30.3 Å². The third-order valence-corrected chi connectivity index (χ3v) is 13.9. The lowest BCUT2D eigenvalue weighted by atomic mass is 9.60. The number of imide groups is 2. The van der Waals surface area contributed by atoms with Crippen LogP contribution in [0.4, 0.5) is 23.2 Å². The fourth-order valence-electron chi connectivity index (χ4n) is 10.6. The van der Waals surface area contributed by atoms with Crippen LogP contribution in [0.15, 0.2) is 42.5 Å². The van der Waals surface area contributed by atoms with Crippen LogP contribution in [0, 0.1) is 17.0 Å². The smallest absolute Gasteiger partial charge is 0.262 e. The van der Waals surface area contributed by atoms with E-state index < -0.39 is 66.4 Å². The third kappa shape index (κ3) is 6.90. The molecule has 1 saturated carbocycles. The molecule has 3 atom stereocenters. The summed E-state index contributed by atoms with van der Waals surface area (Å²) in [6.07, 6.45) is 0.935. The maximum atomic E-state index is 16.1. The van der Waals surface area contributed by atoms with E-state index in [-0.39, 0.29) is 59.2 Å². The maximum Gasteiger partial charge on any atom is 0.262 e. The average molecular weight is 831 g/mol. The molecule has 6 aliphatic rings. The molecule has 3 aromatic carbocycles. The first-order chi connectivity index (χ1) is 28.6. The van der Waals surface area contributed by atoms with Gasteiger partial charge in [-0.15, -0.1) is 0 Å². The lowest BCUT2D eigenvalue weighted by molar-refractivity contribution is -0.137. The Morgan fingerprint density at radius 3 is 2.17 bits per heavy atom. The molecule has 9 rings (SSSR count). The number of rotatable bonds is 8. The number of benzene rings is 3. The predicted octanol–water partition coefficient (Wildman–Crippen LogP) is 4.90. The number of piperidine rings is 2. The van der Waals surface area contributed by atoms with Crippen molar-refractivity contribution in [1.82, 2.24) is 24.9 Å². The Kier molecular flexibility index (Phi) is 10.0. The Hall–Kier alpha value is -5.35. The monoisotopic (exact) mass is 830 g/mol. The number of carbonyl (C=O) groups is 5. The SMILES string of the molecule is C[C@@H]1Cc2cc(O)ccc2[C@@H](c2c(F)cc(N(C)C3CC4(CCN(C(=O)CN5Cc6cc7c(cc6C5)C(=O)N(C5CCC(=O)NC5=O)C7=O)CC4)C3)cc2F)N1CC(F)F. The maximum absolute atomic E-state index is 16.1. The highest BCUT2D eigenvalue weighted by Crippen LogP contribution is 2.52. The van der Waals surface area contributed by atoms with E-state index in [0.29, 0.717) is 49.4 Å². The second kappa shape index (κ2) is 15.0. The summed E-state index contributed by atoms with van der Waals surface area (Å²) in [5.74, 6) is -3.88. The highest BCUT2D eigenvalue weighted by Gasteiger charge is 2.49. The van der Waals surface area contributed by atoms with Gasteiger partial charge in [-0.25, -0.2) is 17.6 Å². The quantitative estimate of drug-likeness (QED) is 0.241. The molecule has 12 nitrogen and oxygen atoms in total. The molecule has 1 unspecified atom stereocenters. The van der Waals surface area contributed by atoms with Crippen LogP contribution in [0.5, 0.6) is 5.75 Å². The number of hydrogen-bond donors (Lipinski definition) is 2. The number of fused-ring (bicyclic) bond motifs is 3. The number of nitrogens with zero attached hydrogens (tertiary/aromatic N) is 5. The standard InChI is InChI=1S/C44H46F4N6O6/c1-23-11-24-12-29(55)3-4-30(24)40(53(23)21-36(47)48)39-33(45)15-27(16-34(39)46)50(2)28-17-44(18-28)7-9-52(10-8-44)38(57)22-51-19-25-13-31-32(14-26(25)20-51)43(60)54(42(31)59)35-5-6-37(56)49-41(35)58/h3-4,12-16,23,28,35-36,40,55H,5-11,17-22H2,1-2H3,(H,49,56,58)/t23-,35?,40+/m1/s1. The number of phenolic OH excluding ortho intramolecular Hbond substituents is 1. The van der Waals surface area contributed by atoms with E-state index >= 15 is 8.78 Å². The number of hydrogen-bond acceptors (Lipinski definition) is 9. The molecular weight excluding hydrogens is 785 g/mol. The largest absolute Gasteiger partial charge is 0.508 e. The Labute approximate surface area is 344 Å². The minimum Gasteiger partial charge on any atom is -0.508 e. The summed E-state index contributed by atoms with van der Waals surface area (Å²) < 4.78 is 59.7. The van der Waals surface area contributed by atoms with Crippen molar-refractivity contribution in [3.05, 3.63) is 93.0 Å². The number of amides is 5. The number of nitrogens with one attached hydrogen (secondary N) is 1. The van der Waals surface area contributed by atoms with Crippen LogP contribution >= 0.6 is 0 Å². The molecule has 2 saturated heterocycles. The van der Waals surface area contributed by atoms with E-state index in [1.165, 1.54) is 29.2 Å². The van der Waals surface area contributed by atoms with Gasteiger partial charge in [-0.1, -0.05) is 6.07 Å². The predicted molar refractivity (Wildman–Crippen MR) is 209 cm³/mol. The fourth-order valence-corrected chi connectivity index (χ4v) is 10.6. The summed E-state index contributed by atoms with van der Waals surface area (Å²) in [7, 11) is 1.80. The second-order valence-corrected chi connectivity index (χ2v) is 17.6. The summed E-state index contributed by atoms with van der Waals surface area (Å²) in [6.45, 7) is 3.26. The molecule has 16 heteroatoms. The van der Waals surface area contributed by atoms with Crippen molar-refractivity contribution in [2.45, 2.75) is 95.6 Å². The minimum atomic E-state index is -2.71. The normalized spacial score (nSPS) is 24.1. The highest BCUT2D eigenvalue weighted by molar-refractivity contribution is 6.23. The van der Waals surface area contributed by atoms with Crippen molar-refractivity contribution in [3.63, 3.8) is 0 Å². The third-order valence-electron chi connectivity index (χ3n) is 13.9. The zero-order valence-corrected chi connectivity index (χ0v) is 33.4. The molecule has 316 valence electrons. The van der Waals surface area contributed by atoms with E-state index in [9.17, 15) is 37.9 Å². The van der Waals surface area contributed by atoms with Crippen molar-refractivity contribution in [2.75, 3.05) is 38.1 Å². The van der Waals surface area contributed by atoms with Gasteiger partial charge < -0.3 is 14.9 Å². The van der Waals surface area contributed by atoms with Crippen LogP contribution in [0.25, 0.3) is 0 Å². The number of likely N-dealkylation sites (tertiary alicyclic amines) is 1. The van der Waals surface area contributed by atoms with Crippen LogP contribution in [0.3, 0.4) is 0 Å². The van der Waals surface area contributed by atoms with Crippen LogP contribution in [0.1, 0.15) is 100 Å². The zero-order chi connectivity index (χ0) is 42.4. The van der Waals surface area contributed by atoms with Crippen LogP contribution in [-0.4, -0.2) is 112 Å². The van der Waals surface area contributed by atoms with Crippen molar-refractivity contribution >= 4 is 35.2 Å². The summed E-state index contributed by atoms with van der Waals surface area (Å²) in [4.78, 5) is 72.3. The summed E-state index contributed by atoms with van der Waals surface area (Å²) in [5, 5.41) is 12.3. The van der Waals surface area contributed by atoms with Crippen molar-refractivity contribution in [3.8, 4) is 5.75 Å². The number of anilines is 1. The molecule has 5 amide bonds. The fraction of sp³-hybridized carbons (Fsp3) is 0.477. The van der Waals surface area contributed by atoms with E-state index in [2.05, 4.69) is 5.32 Å². The Balaban J connectivity index is 0.798. The van der Waals surface area contributed by atoms with E-state index in [4.69, 9.17) is 0 Å². The van der Waals surface area contributed by atoms with Gasteiger partial charge in [-0.05, 0) is 110 Å². The van der Waals surface area contributed by atoms with Crippen LogP contribution in [0.2, 0.25) is 0 Å². The lowest BCUT2D eigenvalue weighted by Crippen LogP contribution is -2.55. The topological polar surface area (TPSA) is 134 Å². The minimum absolute atomic E-state index is 0.00124. The van der Waals surface area contributed by atoms with Crippen molar-refractivity contribution < 1.29 is 46.6 Å². The molecule has 60 heavy (non-hydrogen) atoms. The van der Waals surface area contributed by atoms with Crippen LogP contribution in [-0.2, 0) is 33.9 Å². The number of carbonyl (C=O) groups excluding carboxylic acids is 5. The molecule has 2 N–H and O–H groups in total. The lowest BCUT2D eigenvalue weighted by Gasteiger charge is -2.55. The summed E-state index contributed by atoms with van der Waals surface area (Å²) in [6, 6.07) is 7.85. The first-order valence-corrected chi connectivity index (χ1v) is 20.5. The van der Waals surface area contributed by atoms with Gasteiger partial charge >= 0.3 is 0 Å². The number of halogens is 4. The molecule has 3 aromatic rings. The molecular formula is C44H46F4N6O6. The molecule has 0 aromatic heterocycles. The Morgan fingerprint density at radius 2 is 1.57 bits per heavy atom. The van der Waals surface area contributed by atoms with Gasteiger partial charge in [0.1, 0.15) is 23.4 Å². The summed E-state index contributed by atoms with van der Waals surface area (Å²) in [5.41, 5.74) is 3.33. The average Bonchev–Trinajstić information content (AvgIpc) is 3.68.